The molecule has 0 heterocycles. The van der Waals surface area contributed by atoms with Crippen LogP contribution in [-0.2, 0) is 11.3 Å². The number of nitro benzene ring substituents is 1. The number of rotatable bonds is 6. The number of nitrogens with zero attached hydrogens (tertiary/aromatic N) is 2. The van der Waals surface area contributed by atoms with Crippen LogP contribution in [0.25, 0.3) is 0 Å². The summed E-state index contributed by atoms with van der Waals surface area (Å²) in [6.45, 7) is 0.210. The highest BCUT2D eigenvalue weighted by Gasteiger charge is 2.36. The number of amides is 1. The summed E-state index contributed by atoms with van der Waals surface area (Å²) in [4.78, 5) is 25.3. The van der Waals surface area contributed by atoms with Crippen LogP contribution < -0.4 is 5.73 Å². The van der Waals surface area contributed by atoms with Gasteiger partial charge in [-0.25, -0.2) is 0 Å². The van der Waals surface area contributed by atoms with Crippen molar-refractivity contribution in [2.24, 2.45) is 5.73 Å². The van der Waals surface area contributed by atoms with E-state index in [1.54, 1.807) is 23.1 Å². The zero-order valence-corrected chi connectivity index (χ0v) is 13.2. The zero-order chi connectivity index (χ0) is 17.1. The summed E-state index contributed by atoms with van der Waals surface area (Å²) in [6.07, 6.45) is 1.82. The first kappa shape index (κ1) is 16.1. The predicted molar refractivity (Wildman–Crippen MR) is 90.0 cm³/mol. The lowest BCUT2D eigenvalue weighted by atomic mass is 10.1. The van der Waals surface area contributed by atoms with E-state index in [0.717, 1.165) is 18.4 Å². The molecule has 0 aromatic heterocycles. The minimum absolute atomic E-state index is 0.0317. The predicted octanol–water partition coefficient (Wildman–Crippen LogP) is 2.79. The van der Waals surface area contributed by atoms with Gasteiger partial charge in [-0.2, -0.15) is 0 Å². The number of hydrogen-bond acceptors (Lipinski definition) is 4. The summed E-state index contributed by atoms with van der Waals surface area (Å²) in [5.41, 5.74) is 7.44. The molecular formula is C18H19N3O3. The Morgan fingerprint density at radius 1 is 1.17 bits per heavy atom. The average Bonchev–Trinajstić information content (AvgIpc) is 3.44. The fourth-order valence-corrected chi connectivity index (χ4v) is 2.76. The molecule has 1 atom stereocenters. The Labute approximate surface area is 140 Å². The lowest BCUT2D eigenvalue weighted by Crippen LogP contribution is -2.39. The molecule has 0 bridgehead atoms. The zero-order valence-electron chi connectivity index (χ0n) is 13.2. The van der Waals surface area contributed by atoms with Gasteiger partial charge in [0.05, 0.1) is 11.5 Å². The van der Waals surface area contributed by atoms with Crippen LogP contribution in [-0.4, -0.2) is 21.8 Å². The van der Waals surface area contributed by atoms with Crippen LogP contribution >= 0.6 is 0 Å². The molecule has 0 saturated heterocycles. The van der Waals surface area contributed by atoms with Crippen LogP contribution in [0.2, 0.25) is 0 Å². The summed E-state index contributed by atoms with van der Waals surface area (Å²) in [6, 6.07) is 15.1. The highest BCUT2D eigenvalue weighted by atomic mass is 16.6. The molecule has 1 unspecified atom stereocenters. The third-order valence-corrected chi connectivity index (χ3v) is 4.22. The molecule has 24 heavy (non-hydrogen) atoms. The van der Waals surface area contributed by atoms with E-state index in [0.29, 0.717) is 5.56 Å². The molecule has 6 nitrogen and oxygen atoms in total. The minimum Gasteiger partial charge on any atom is -0.333 e. The van der Waals surface area contributed by atoms with Crippen molar-refractivity contribution in [1.29, 1.82) is 0 Å². The third-order valence-electron chi connectivity index (χ3n) is 4.22. The molecule has 2 N–H and O–H groups in total. The maximum atomic E-state index is 12.8. The molecular weight excluding hydrogens is 306 g/mol. The van der Waals surface area contributed by atoms with Crippen LogP contribution in [0.1, 0.15) is 30.0 Å². The standard InChI is InChI=1S/C18H19N3O3/c19-17(13-6-2-1-3-7-13)18(22)20(15-10-11-15)12-14-8-4-5-9-16(14)21(23)24/h1-9,15,17H,10-12,19H2. The van der Waals surface area contributed by atoms with Gasteiger partial charge in [0.1, 0.15) is 6.04 Å². The Bertz CT molecular complexity index is 744. The Kier molecular flexibility index (Phi) is 4.57. The minimum atomic E-state index is -0.755. The second kappa shape index (κ2) is 6.80. The summed E-state index contributed by atoms with van der Waals surface area (Å²) < 4.78 is 0. The molecule has 1 aliphatic rings. The second-order valence-corrected chi connectivity index (χ2v) is 5.97. The number of benzene rings is 2. The third kappa shape index (κ3) is 3.44. The van der Waals surface area contributed by atoms with Gasteiger partial charge in [0, 0.05) is 17.7 Å². The first-order valence-corrected chi connectivity index (χ1v) is 7.91. The molecule has 1 amide bonds. The number of para-hydroxylation sites is 1. The quantitative estimate of drug-likeness (QED) is 0.653. The number of nitrogens with two attached hydrogens (primary N) is 1. The lowest BCUT2D eigenvalue weighted by Gasteiger charge is -2.26. The smallest absolute Gasteiger partial charge is 0.274 e. The van der Waals surface area contributed by atoms with E-state index in [1.807, 2.05) is 30.3 Å². The largest absolute Gasteiger partial charge is 0.333 e. The van der Waals surface area contributed by atoms with Gasteiger partial charge in [0.15, 0.2) is 0 Å². The molecule has 1 fully saturated rings. The summed E-state index contributed by atoms with van der Waals surface area (Å²) in [5, 5.41) is 11.2. The van der Waals surface area contributed by atoms with Crippen molar-refractivity contribution in [3.8, 4) is 0 Å². The van der Waals surface area contributed by atoms with Crippen molar-refractivity contribution in [3.05, 3.63) is 75.8 Å². The molecule has 3 rings (SSSR count). The Hall–Kier alpha value is -2.73. The molecule has 0 aliphatic heterocycles. The number of nitro groups is 1. The monoisotopic (exact) mass is 325 g/mol. The van der Waals surface area contributed by atoms with Gasteiger partial charge < -0.3 is 10.6 Å². The maximum absolute atomic E-state index is 12.8. The van der Waals surface area contributed by atoms with Gasteiger partial charge in [-0.05, 0) is 18.4 Å². The van der Waals surface area contributed by atoms with Crippen molar-refractivity contribution < 1.29 is 9.72 Å². The van der Waals surface area contributed by atoms with Crippen LogP contribution in [0.15, 0.2) is 54.6 Å². The molecule has 2 aromatic rings. The van der Waals surface area contributed by atoms with Gasteiger partial charge in [-0.1, -0.05) is 48.5 Å². The number of hydrogen-bond donors (Lipinski definition) is 1. The number of carbonyl (C=O) groups excluding carboxylic acids is 1. The SMILES string of the molecule is NC(C(=O)N(Cc1ccccc1[N+](=O)[O-])C1CC1)c1ccccc1. The van der Waals surface area contributed by atoms with E-state index < -0.39 is 11.0 Å². The van der Waals surface area contributed by atoms with E-state index in [1.165, 1.54) is 6.07 Å². The average molecular weight is 325 g/mol. The Morgan fingerprint density at radius 2 is 1.79 bits per heavy atom. The van der Waals surface area contributed by atoms with Crippen LogP contribution in [0.4, 0.5) is 5.69 Å². The van der Waals surface area contributed by atoms with Crippen molar-refractivity contribution in [3.63, 3.8) is 0 Å². The highest BCUT2D eigenvalue weighted by Crippen LogP contribution is 2.32. The van der Waals surface area contributed by atoms with Crippen LogP contribution in [0, 0.1) is 10.1 Å². The summed E-state index contributed by atoms with van der Waals surface area (Å²) in [7, 11) is 0. The Morgan fingerprint density at radius 3 is 2.42 bits per heavy atom. The maximum Gasteiger partial charge on any atom is 0.274 e. The lowest BCUT2D eigenvalue weighted by molar-refractivity contribution is -0.385. The van der Waals surface area contributed by atoms with Gasteiger partial charge >= 0.3 is 0 Å². The first-order valence-electron chi connectivity index (χ1n) is 7.91. The molecule has 1 aliphatic carbocycles. The van der Waals surface area contributed by atoms with Gasteiger partial charge in [0.25, 0.3) is 5.69 Å². The van der Waals surface area contributed by atoms with E-state index >= 15 is 0 Å². The van der Waals surface area contributed by atoms with Gasteiger partial charge in [0.2, 0.25) is 5.91 Å². The van der Waals surface area contributed by atoms with E-state index in [-0.39, 0.29) is 24.2 Å². The van der Waals surface area contributed by atoms with E-state index in [2.05, 4.69) is 0 Å². The second-order valence-electron chi connectivity index (χ2n) is 5.97. The summed E-state index contributed by atoms with van der Waals surface area (Å²) in [5.74, 6) is -0.193. The first-order chi connectivity index (χ1) is 11.6. The van der Waals surface area contributed by atoms with Crippen molar-refractivity contribution in [2.75, 3.05) is 0 Å². The summed E-state index contributed by atoms with van der Waals surface area (Å²) >= 11 is 0. The van der Waals surface area contributed by atoms with Crippen molar-refractivity contribution in [2.45, 2.75) is 31.5 Å². The normalized spacial score (nSPS) is 14.9. The molecule has 0 spiro atoms. The van der Waals surface area contributed by atoms with Gasteiger partial charge in [-0.15, -0.1) is 0 Å². The topological polar surface area (TPSA) is 89.5 Å². The van der Waals surface area contributed by atoms with Crippen molar-refractivity contribution >= 4 is 11.6 Å². The van der Waals surface area contributed by atoms with Crippen LogP contribution in [0.5, 0.6) is 0 Å². The highest BCUT2D eigenvalue weighted by molar-refractivity contribution is 5.83. The Balaban J connectivity index is 1.83. The molecule has 124 valence electrons. The van der Waals surface area contributed by atoms with E-state index in [9.17, 15) is 14.9 Å². The van der Waals surface area contributed by atoms with Gasteiger partial charge in [-0.3, -0.25) is 14.9 Å². The van der Waals surface area contributed by atoms with E-state index in [4.69, 9.17) is 5.73 Å². The number of carbonyl (C=O) groups is 1. The van der Waals surface area contributed by atoms with Crippen molar-refractivity contribution in [1.82, 2.24) is 4.90 Å². The fraction of sp³-hybridized carbons (Fsp3) is 0.278. The molecule has 0 radical (unpaired) electrons. The molecule has 1 saturated carbocycles. The van der Waals surface area contributed by atoms with Crippen LogP contribution in [0.3, 0.4) is 0 Å². The molecule has 2 aromatic carbocycles. The molecule has 6 heteroatoms. The fourth-order valence-electron chi connectivity index (χ4n) is 2.76.